The molecule has 92 valence electrons. The van der Waals surface area contributed by atoms with Gasteiger partial charge in [0.2, 0.25) is 0 Å². The van der Waals surface area contributed by atoms with Crippen LogP contribution in [-0.2, 0) is 4.79 Å². The molecule has 5 heteroatoms. The lowest BCUT2D eigenvalue weighted by Crippen LogP contribution is -2.38. The number of rotatable bonds is 3. The van der Waals surface area contributed by atoms with Gasteiger partial charge in [-0.05, 0) is 44.0 Å². The van der Waals surface area contributed by atoms with Crippen molar-refractivity contribution in [3.8, 4) is 0 Å². The van der Waals surface area contributed by atoms with Gasteiger partial charge in [0.15, 0.2) is 0 Å². The van der Waals surface area contributed by atoms with Gasteiger partial charge < -0.3 is 10.4 Å². The predicted octanol–water partition coefficient (Wildman–Crippen LogP) is 2.27. The summed E-state index contributed by atoms with van der Waals surface area (Å²) in [5, 5.41) is 11.2. The van der Waals surface area contributed by atoms with Crippen LogP contribution in [0.3, 0.4) is 0 Å². The number of amides is 1. The van der Waals surface area contributed by atoms with Crippen molar-refractivity contribution in [2.24, 2.45) is 0 Å². The largest absolute Gasteiger partial charge is 0.480 e. The average molecular weight is 300 g/mol. The summed E-state index contributed by atoms with van der Waals surface area (Å²) in [5.74, 6) is -1.42. The topological polar surface area (TPSA) is 66.4 Å². The lowest BCUT2D eigenvalue weighted by molar-refractivity contribution is -0.138. The van der Waals surface area contributed by atoms with Crippen molar-refractivity contribution in [3.05, 3.63) is 33.3 Å². The number of hydrogen-bond acceptors (Lipinski definition) is 2. The molecule has 1 amide bonds. The van der Waals surface area contributed by atoms with Gasteiger partial charge in [0.25, 0.3) is 5.91 Å². The van der Waals surface area contributed by atoms with Crippen molar-refractivity contribution in [3.63, 3.8) is 0 Å². The monoisotopic (exact) mass is 299 g/mol. The second-order valence-electron chi connectivity index (χ2n) is 3.95. The van der Waals surface area contributed by atoms with Crippen LogP contribution < -0.4 is 5.32 Å². The lowest BCUT2D eigenvalue weighted by atomic mass is 10.0. The van der Waals surface area contributed by atoms with Crippen molar-refractivity contribution in [2.75, 3.05) is 0 Å². The molecule has 4 nitrogen and oxygen atoms in total. The van der Waals surface area contributed by atoms with E-state index in [1.807, 2.05) is 19.9 Å². The van der Waals surface area contributed by atoms with Crippen molar-refractivity contribution < 1.29 is 14.7 Å². The molecule has 2 N–H and O–H groups in total. The smallest absolute Gasteiger partial charge is 0.325 e. The maximum Gasteiger partial charge on any atom is 0.325 e. The van der Waals surface area contributed by atoms with E-state index in [9.17, 15) is 9.59 Å². The summed E-state index contributed by atoms with van der Waals surface area (Å²) in [6, 6.07) is 2.68. The van der Waals surface area contributed by atoms with Gasteiger partial charge in [-0.2, -0.15) is 0 Å². The molecule has 0 fully saturated rings. The molecule has 1 aromatic rings. The Balaban J connectivity index is 2.97. The molecule has 0 aliphatic rings. The molecular formula is C12H14BrNO3. The molecular weight excluding hydrogens is 286 g/mol. The Morgan fingerprint density at radius 3 is 2.41 bits per heavy atom. The third-order valence-corrected chi connectivity index (χ3v) is 3.32. The molecule has 1 atom stereocenters. The van der Waals surface area contributed by atoms with E-state index in [-0.39, 0.29) is 5.91 Å². The third-order valence-electron chi connectivity index (χ3n) is 2.47. The van der Waals surface area contributed by atoms with E-state index in [0.717, 1.165) is 15.6 Å². The van der Waals surface area contributed by atoms with Gasteiger partial charge >= 0.3 is 5.97 Å². The first-order valence-corrected chi connectivity index (χ1v) is 5.92. The average Bonchev–Trinajstić information content (AvgIpc) is 2.22. The number of hydrogen-bond donors (Lipinski definition) is 2. The third kappa shape index (κ3) is 3.30. The second-order valence-corrected chi connectivity index (χ2v) is 4.80. The van der Waals surface area contributed by atoms with Crippen molar-refractivity contribution in [1.29, 1.82) is 0 Å². The number of aryl methyl sites for hydroxylation is 2. The van der Waals surface area contributed by atoms with Gasteiger partial charge in [0.05, 0.1) is 0 Å². The van der Waals surface area contributed by atoms with E-state index in [2.05, 4.69) is 21.2 Å². The van der Waals surface area contributed by atoms with Gasteiger partial charge in [-0.25, -0.2) is 0 Å². The number of aliphatic carboxylic acids is 1. The highest BCUT2D eigenvalue weighted by molar-refractivity contribution is 9.10. The summed E-state index contributed by atoms with van der Waals surface area (Å²) in [7, 11) is 0. The Bertz CT molecular complexity index is 471. The summed E-state index contributed by atoms with van der Waals surface area (Å²) < 4.78 is 0.929. The molecule has 0 unspecified atom stereocenters. The summed E-state index contributed by atoms with van der Waals surface area (Å²) in [6.07, 6.45) is 0. The van der Waals surface area contributed by atoms with Crippen LogP contribution in [0.15, 0.2) is 16.6 Å². The Hall–Kier alpha value is -1.36. The van der Waals surface area contributed by atoms with Crippen LogP contribution in [0, 0.1) is 13.8 Å². The van der Waals surface area contributed by atoms with E-state index in [4.69, 9.17) is 5.11 Å². The first-order chi connectivity index (χ1) is 7.82. The fourth-order valence-electron chi connectivity index (χ4n) is 1.36. The highest BCUT2D eigenvalue weighted by Gasteiger charge is 2.17. The van der Waals surface area contributed by atoms with E-state index in [1.165, 1.54) is 6.92 Å². The number of nitrogens with one attached hydrogen (secondary N) is 1. The lowest BCUT2D eigenvalue weighted by Gasteiger charge is -2.12. The Kier molecular flexibility index (Phi) is 4.28. The van der Waals surface area contributed by atoms with Gasteiger partial charge in [-0.15, -0.1) is 0 Å². The van der Waals surface area contributed by atoms with Crippen molar-refractivity contribution >= 4 is 27.8 Å². The fraction of sp³-hybridized carbons (Fsp3) is 0.333. The minimum absolute atomic E-state index is 0.368. The van der Waals surface area contributed by atoms with Gasteiger partial charge in [0, 0.05) is 10.0 Å². The van der Waals surface area contributed by atoms with Crippen LogP contribution in [0.1, 0.15) is 28.4 Å². The number of carboxylic acids is 1. The number of carbonyl (C=O) groups is 2. The Morgan fingerprint density at radius 2 is 1.88 bits per heavy atom. The van der Waals surface area contributed by atoms with Gasteiger partial charge in [-0.1, -0.05) is 15.9 Å². The highest BCUT2D eigenvalue weighted by atomic mass is 79.9. The zero-order chi connectivity index (χ0) is 13.2. The number of carboxylic acid groups (broad SMARTS) is 1. The molecule has 0 aromatic heterocycles. The maximum absolute atomic E-state index is 11.9. The standard InChI is InChI=1S/C12H14BrNO3/c1-6-5-10(13)7(2)4-9(6)11(15)14-8(3)12(16)17/h4-5,8H,1-3H3,(H,14,15)(H,16,17)/t8-/m1/s1. The first kappa shape index (κ1) is 13.7. The maximum atomic E-state index is 11.9. The van der Waals surface area contributed by atoms with Crippen molar-refractivity contribution in [2.45, 2.75) is 26.8 Å². The molecule has 0 saturated heterocycles. The van der Waals surface area contributed by atoms with Crippen LogP contribution in [0.5, 0.6) is 0 Å². The highest BCUT2D eigenvalue weighted by Crippen LogP contribution is 2.21. The fourth-order valence-corrected chi connectivity index (χ4v) is 1.82. The van der Waals surface area contributed by atoms with E-state index < -0.39 is 12.0 Å². The van der Waals surface area contributed by atoms with Crippen LogP contribution in [-0.4, -0.2) is 23.0 Å². The normalized spacial score (nSPS) is 12.0. The van der Waals surface area contributed by atoms with Crippen LogP contribution in [0.25, 0.3) is 0 Å². The van der Waals surface area contributed by atoms with Crippen LogP contribution in [0.2, 0.25) is 0 Å². The minimum atomic E-state index is -1.05. The summed E-state index contributed by atoms with van der Waals surface area (Å²) in [5.41, 5.74) is 2.24. The molecule has 17 heavy (non-hydrogen) atoms. The molecule has 0 saturated carbocycles. The molecule has 0 aliphatic heterocycles. The van der Waals surface area contributed by atoms with Crippen molar-refractivity contribution in [1.82, 2.24) is 5.32 Å². The SMILES string of the molecule is Cc1cc(C(=O)N[C@H](C)C(=O)O)c(C)cc1Br. The van der Waals surface area contributed by atoms with Crippen LogP contribution >= 0.6 is 15.9 Å². The molecule has 0 bridgehead atoms. The molecule has 0 aliphatic carbocycles. The summed E-state index contributed by atoms with van der Waals surface area (Å²) >= 11 is 3.38. The Labute approximate surface area is 108 Å². The number of benzene rings is 1. The van der Waals surface area contributed by atoms with Crippen LogP contribution in [0.4, 0.5) is 0 Å². The second kappa shape index (κ2) is 5.31. The van der Waals surface area contributed by atoms with E-state index >= 15 is 0 Å². The number of halogens is 1. The zero-order valence-electron chi connectivity index (χ0n) is 9.87. The predicted molar refractivity (Wildman–Crippen MR) is 68.2 cm³/mol. The molecule has 0 spiro atoms. The van der Waals surface area contributed by atoms with Gasteiger partial charge in [0.1, 0.15) is 6.04 Å². The molecule has 1 aromatic carbocycles. The Morgan fingerprint density at radius 1 is 1.29 bits per heavy atom. The number of carbonyl (C=O) groups excluding carboxylic acids is 1. The quantitative estimate of drug-likeness (QED) is 0.900. The molecule has 0 radical (unpaired) electrons. The minimum Gasteiger partial charge on any atom is -0.480 e. The summed E-state index contributed by atoms with van der Waals surface area (Å²) in [6.45, 7) is 5.12. The zero-order valence-corrected chi connectivity index (χ0v) is 11.5. The molecule has 1 rings (SSSR count). The van der Waals surface area contributed by atoms with E-state index in [1.54, 1.807) is 6.07 Å². The summed E-state index contributed by atoms with van der Waals surface area (Å²) in [4.78, 5) is 22.5. The van der Waals surface area contributed by atoms with E-state index in [0.29, 0.717) is 5.56 Å². The molecule has 0 heterocycles. The first-order valence-electron chi connectivity index (χ1n) is 5.13. The van der Waals surface area contributed by atoms with Gasteiger partial charge in [-0.3, -0.25) is 9.59 Å².